The predicted molar refractivity (Wildman–Crippen MR) is 74.2 cm³/mol. The Morgan fingerprint density at radius 2 is 2.05 bits per heavy atom. The van der Waals surface area contributed by atoms with E-state index >= 15 is 0 Å². The van der Waals surface area contributed by atoms with E-state index < -0.39 is 16.7 Å². The molecule has 0 atom stereocenters. The predicted octanol–water partition coefficient (Wildman–Crippen LogP) is 3.99. The second-order valence-electron chi connectivity index (χ2n) is 3.90. The number of carboxylic acids is 1. The van der Waals surface area contributed by atoms with Crippen LogP contribution < -0.4 is 4.74 Å². The first-order valence-corrected chi connectivity index (χ1v) is 6.33. The largest absolute Gasteiger partial charge is 0.478 e. The first kappa shape index (κ1) is 14.9. The molecular weight excluding hydrogens is 349 g/mol. The Labute approximate surface area is 126 Å². The molecule has 2 rings (SSSR count). The van der Waals surface area contributed by atoms with Gasteiger partial charge in [0, 0.05) is 6.07 Å². The monoisotopic (exact) mass is 355 g/mol. The molecule has 0 amide bonds. The van der Waals surface area contributed by atoms with Crippen LogP contribution in [-0.4, -0.2) is 16.0 Å². The second-order valence-corrected chi connectivity index (χ2v) is 4.75. The lowest BCUT2D eigenvalue weighted by molar-refractivity contribution is -0.385. The van der Waals surface area contributed by atoms with Gasteiger partial charge in [-0.25, -0.2) is 9.18 Å². The van der Waals surface area contributed by atoms with Gasteiger partial charge in [0.25, 0.3) is 0 Å². The van der Waals surface area contributed by atoms with Crippen molar-refractivity contribution in [1.82, 2.24) is 0 Å². The quantitative estimate of drug-likeness (QED) is 0.661. The summed E-state index contributed by atoms with van der Waals surface area (Å²) >= 11 is 3.09. The number of aromatic carboxylic acids is 1. The third-order valence-corrected chi connectivity index (χ3v) is 3.16. The first-order chi connectivity index (χ1) is 9.90. The smallest absolute Gasteiger partial charge is 0.335 e. The number of benzene rings is 2. The van der Waals surface area contributed by atoms with E-state index in [2.05, 4.69) is 15.9 Å². The number of carboxylic acid groups (broad SMARTS) is 1. The minimum atomic E-state index is -1.28. The van der Waals surface area contributed by atoms with Crippen molar-refractivity contribution >= 4 is 27.6 Å². The molecule has 0 heterocycles. The molecule has 0 aliphatic carbocycles. The average Bonchev–Trinajstić information content (AvgIpc) is 2.42. The van der Waals surface area contributed by atoms with E-state index in [1.165, 1.54) is 18.2 Å². The molecule has 0 radical (unpaired) electrons. The van der Waals surface area contributed by atoms with Gasteiger partial charge in [0.15, 0.2) is 11.6 Å². The van der Waals surface area contributed by atoms with Gasteiger partial charge in [0.05, 0.1) is 15.0 Å². The van der Waals surface area contributed by atoms with Gasteiger partial charge in [-0.3, -0.25) is 10.1 Å². The highest BCUT2D eigenvalue weighted by atomic mass is 79.9. The highest BCUT2D eigenvalue weighted by Crippen LogP contribution is 2.38. The van der Waals surface area contributed by atoms with Crippen LogP contribution in [-0.2, 0) is 0 Å². The molecule has 0 saturated carbocycles. The van der Waals surface area contributed by atoms with Crippen LogP contribution in [0.5, 0.6) is 11.5 Å². The molecule has 2 aromatic carbocycles. The molecule has 0 spiro atoms. The summed E-state index contributed by atoms with van der Waals surface area (Å²) in [4.78, 5) is 21.0. The molecule has 0 aliphatic heterocycles. The fraction of sp³-hybridized carbons (Fsp3) is 0. The van der Waals surface area contributed by atoms with Crippen molar-refractivity contribution in [1.29, 1.82) is 0 Å². The number of hydrogen-bond donors (Lipinski definition) is 1. The summed E-state index contributed by atoms with van der Waals surface area (Å²) in [5, 5.41) is 19.7. The Kier molecular flexibility index (Phi) is 4.18. The van der Waals surface area contributed by atoms with E-state index in [9.17, 15) is 19.3 Å². The molecule has 0 bridgehead atoms. The van der Waals surface area contributed by atoms with Crippen LogP contribution in [0.3, 0.4) is 0 Å². The van der Waals surface area contributed by atoms with Crippen molar-refractivity contribution in [3.8, 4) is 11.5 Å². The number of nitro groups is 1. The Morgan fingerprint density at radius 3 is 2.62 bits per heavy atom. The lowest BCUT2D eigenvalue weighted by atomic mass is 10.2. The van der Waals surface area contributed by atoms with Gasteiger partial charge in [-0.15, -0.1) is 0 Å². The SMILES string of the molecule is O=C(O)c1ccc(Oc2c(Br)cccc2[N+](=O)[O-])c(F)c1. The normalized spacial score (nSPS) is 10.2. The van der Waals surface area contributed by atoms with Crippen molar-refractivity contribution in [2.45, 2.75) is 0 Å². The Hall–Kier alpha value is -2.48. The third-order valence-electron chi connectivity index (χ3n) is 2.53. The van der Waals surface area contributed by atoms with Crippen LogP contribution in [0.1, 0.15) is 10.4 Å². The zero-order valence-electron chi connectivity index (χ0n) is 10.2. The van der Waals surface area contributed by atoms with Crippen LogP contribution >= 0.6 is 15.9 Å². The van der Waals surface area contributed by atoms with E-state index in [1.807, 2.05) is 0 Å². The number of nitro benzene ring substituents is 1. The van der Waals surface area contributed by atoms with Gasteiger partial charge in [-0.05, 0) is 40.2 Å². The number of carbonyl (C=O) groups is 1. The molecule has 0 saturated heterocycles. The highest BCUT2D eigenvalue weighted by molar-refractivity contribution is 9.10. The molecular formula is C13H7BrFNO5. The van der Waals surface area contributed by atoms with E-state index in [1.54, 1.807) is 0 Å². The number of hydrogen-bond acceptors (Lipinski definition) is 4. The standard InChI is InChI=1S/C13H7BrFNO5/c14-8-2-1-3-10(16(19)20)12(8)21-11-5-4-7(13(17)18)6-9(11)15/h1-6H,(H,17,18). The van der Waals surface area contributed by atoms with Crippen molar-refractivity contribution < 1.29 is 24.0 Å². The summed E-state index contributed by atoms with van der Waals surface area (Å²) in [6.45, 7) is 0. The van der Waals surface area contributed by atoms with Crippen LogP contribution in [0.2, 0.25) is 0 Å². The van der Waals surface area contributed by atoms with E-state index in [-0.39, 0.29) is 27.2 Å². The number of para-hydroxylation sites is 1. The first-order valence-electron chi connectivity index (χ1n) is 5.53. The Morgan fingerprint density at radius 1 is 1.33 bits per heavy atom. The summed E-state index contributed by atoms with van der Waals surface area (Å²) in [7, 11) is 0. The molecule has 21 heavy (non-hydrogen) atoms. The lowest BCUT2D eigenvalue weighted by Gasteiger charge is -2.09. The van der Waals surface area contributed by atoms with Crippen molar-refractivity contribution in [2.24, 2.45) is 0 Å². The molecule has 0 unspecified atom stereocenters. The van der Waals surface area contributed by atoms with E-state index in [0.717, 1.165) is 18.2 Å². The van der Waals surface area contributed by atoms with E-state index in [0.29, 0.717) is 0 Å². The molecule has 108 valence electrons. The lowest BCUT2D eigenvalue weighted by Crippen LogP contribution is -1.99. The van der Waals surface area contributed by atoms with Crippen molar-refractivity contribution in [3.05, 3.63) is 62.4 Å². The van der Waals surface area contributed by atoms with Gasteiger partial charge in [0.1, 0.15) is 0 Å². The van der Waals surface area contributed by atoms with Gasteiger partial charge in [-0.1, -0.05) is 6.07 Å². The molecule has 0 aromatic heterocycles. The van der Waals surface area contributed by atoms with Gasteiger partial charge in [-0.2, -0.15) is 0 Å². The van der Waals surface area contributed by atoms with Crippen LogP contribution in [0.4, 0.5) is 10.1 Å². The highest BCUT2D eigenvalue weighted by Gasteiger charge is 2.20. The van der Waals surface area contributed by atoms with Crippen molar-refractivity contribution in [2.75, 3.05) is 0 Å². The Balaban J connectivity index is 2.44. The van der Waals surface area contributed by atoms with Gasteiger partial charge < -0.3 is 9.84 Å². The average molecular weight is 356 g/mol. The molecule has 8 heteroatoms. The minimum absolute atomic E-state index is 0.163. The molecule has 0 fully saturated rings. The van der Waals surface area contributed by atoms with Crippen molar-refractivity contribution in [3.63, 3.8) is 0 Å². The molecule has 1 N–H and O–H groups in total. The third kappa shape index (κ3) is 3.16. The zero-order chi connectivity index (χ0) is 15.6. The Bertz CT molecular complexity index is 734. The maximum Gasteiger partial charge on any atom is 0.335 e. The number of nitrogens with zero attached hydrogens (tertiary/aromatic N) is 1. The summed E-state index contributed by atoms with van der Waals surface area (Å²) < 4.78 is 19.3. The van der Waals surface area contributed by atoms with Gasteiger partial charge in [0.2, 0.25) is 5.75 Å². The maximum atomic E-state index is 13.8. The maximum absolute atomic E-state index is 13.8. The molecule has 0 aliphatic rings. The summed E-state index contributed by atoms with van der Waals surface area (Å²) in [5.41, 5.74) is -0.590. The number of halogens is 2. The minimum Gasteiger partial charge on any atom is -0.478 e. The fourth-order valence-corrected chi connectivity index (χ4v) is 2.01. The van der Waals surface area contributed by atoms with Crippen LogP contribution in [0.15, 0.2) is 40.9 Å². The number of rotatable bonds is 4. The van der Waals surface area contributed by atoms with Gasteiger partial charge >= 0.3 is 11.7 Å². The summed E-state index contributed by atoms with van der Waals surface area (Å²) in [5.74, 6) is -2.69. The van der Waals surface area contributed by atoms with E-state index in [4.69, 9.17) is 9.84 Å². The summed E-state index contributed by atoms with van der Waals surface area (Å²) in [6.07, 6.45) is 0. The zero-order valence-corrected chi connectivity index (χ0v) is 11.8. The fourth-order valence-electron chi connectivity index (χ4n) is 1.57. The number of ether oxygens (including phenoxy) is 1. The molecule has 6 nitrogen and oxygen atoms in total. The van der Waals surface area contributed by atoms with Crippen LogP contribution in [0.25, 0.3) is 0 Å². The topological polar surface area (TPSA) is 89.7 Å². The second kappa shape index (κ2) is 5.88. The molecule has 2 aromatic rings. The van der Waals surface area contributed by atoms with Crippen LogP contribution in [0, 0.1) is 15.9 Å². The summed E-state index contributed by atoms with van der Waals surface area (Å²) in [6, 6.07) is 7.18.